The van der Waals surface area contributed by atoms with E-state index in [1.54, 1.807) is 18.3 Å². The molecule has 0 aliphatic carbocycles. The van der Waals surface area contributed by atoms with Crippen molar-refractivity contribution in [3.05, 3.63) is 82.6 Å². The van der Waals surface area contributed by atoms with Crippen molar-refractivity contribution in [1.29, 1.82) is 5.26 Å². The molecule has 0 radical (unpaired) electrons. The van der Waals surface area contributed by atoms with Crippen LogP contribution in [0.2, 0.25) is 5.02 Å². The van der Waals surface area contributed by atoms with Gasteiger partial charge in [0, 0.05) is 81.3 Å². The maximum atomic E-state index is 13.4. The van der Waals surface area contributed by atoms with Gasteiger partial charge in [0.2, 0.25) is 11.8 Å². The fourth-order valence-electron chi connectivity index (χ4n) is 8.50. The molecule has 5 heterocycles. The molecule has 3 aromatic rings. The number of imide groups is 1. The number of piperidine rings is 3. The van der Waals surface area contributed by atoms with E-state index >= 15 is 0 Å². The van der Waals surface area contributed by atoms with Crippen molar-refractivity contribution in [1.82, 2.24) is 25.8 Å². The summed E-state index contributed by atoms with van der Waals surface area (Å²) in [5.74, 6) is -1.21. The van der Waals surface area contributed by atoms with Gasteiger partial charge in [-0.05, 0) is 105 Å². The molecule has 288 valence electrons. The minimum Gasteiger partial charge on any atom is -0.383 e. The van der Waals surface area contributed by atoms with E-state index in [2.05, 4.69) is 61.2 Å². The third kappa shape index (κ3) is 8.87. The summed E-state index contributed by atoms with van der Waals surface area (Å²) < 4.78 is 0. The average molecular weight is 766 g/mol. The monoisotopic (exact) mass is 765 g/mol. The summed E-state index contributed by atoms with van der Waals surface area (Å²) >= 11 is 6.36. The van der Waals surface area contributed by atoms with Crippen molar-refractivity contribution in [2.45, 2.75) is 70.0 Å². The number of carbonyl (C=O) groups is 4. The van der Waals surface area contributed by atoms with E-state index in [0.29, 0.717) is 42.3 Å². The fraction of sp³-hybridized carbons (Fsp3) is 0.463. The molecular formula is C41H48ClN9O4. The van der Waals surface area contributed by atoms with E-state index < -0.39 is 17.9 Å². The van der Waals surface area contributed by atoms with Crippen molar-refractivity contribution < 1.29 is 19.2 Å². The molecule has 55 heavy (non-hydrogen) atoms. The zero-order valence-electron chi connectivity index (χ0n) is 31.2. The summed E-state index contributed by atoms with van der Waals surface area (Å²) in [6, 6.07) is 19.4. The second-order valence-electron chi connectivity index (χ2n) is 15.3. The number of nitrogens with zero attached hydrogens (tertiary/aromatic N) is 5. The molecular weight excluding hydrogens is 718 g/mol. The molecule has 14 heteroatoms. The largest absolute Gasteiger partial charge is 0.383 e. The van der Waals surface area contributed by atoms with Crippen molar-refractivity contribution in [3.63, 3.8) is 0 Å². The van der Waals surface area contributed by atoms with Crippen LogP contribution in [-0.2, 0) is 9.59 Å². The minimum absolute atomic E-state index is 0.0777. The number of nitriles is 1. The second kappa shape index (κ2) is 16.7. The van der Waals surface area contributed by atoms with Crippen LogP contribution in [0.3, 0.4) is 0 Å². The number of likely N-dealkylation sites (tertiary alicyclic amines) is 1. The Morgan fingerprint density at radius 3 is 2.40 bits per heavy atom. The van der Waals surface area contributed by atoms with Crippen LogP contribution in [-0.4, -0.2) is 97.5 Å². The Bertz CT molecular complexity index is 1930. The molecule has 2 aromatic carbocycles. The van der Waals surface area contributed by atoms with Crippen molar-refractivity contribution in [2.75, 3.05) is 60.9 Å². The van der Waals surface area contributed by atoms with Gasteiger partial charge in [0.25, 0.3) is 11.8 Å². The topological polar surface area (TPSA) is 163 Å². The van der Waals surface area contributed by atoms with Gasteiger partial charge < -0.3 is 30.7 Å². The van der Waals surface area contributed by atoms with Crippen molar-refractivity contribution in [3.8, 4) is 6.07 Å². The molecule has 4 aliphatic heterocycles. The first-order chi connectivity index (χ1) is 26.6. The number of benzene rings is 2. The Morgan fingerprint density at radius 2 is 1.73 bits per heavy atom. The van der Waals surface area contributed by atoms with E-state index in [1.807, 2.05) is 35.2 Å². The number of hydrogen-bond acceptors (Lipinski definition) is 10. The summed E-state index contributed by atoms with van der Waals surface area (Å²) in [5, 5.41) is 21.5. The van der Waals surface area contributed by atoms with Crippen molar-refractivity contribution in [2.24, 2.45) is 5.41 Å². The van der Waals surface area contributed by atoms with Gasteiger partial charge in [-0.3, -0.25) is 24.5 Å². The van der Waals surface area contributed by atoms with Crippen LogP contribution in [0.4, 0.5) is 17.1 Å². The molecule has 0 saturated carbocycles. The van der Waals surface area contributed by atoms with Gasteiger partial charge in [-0.2, -0.15) is 5.26 Å². The number of hydrogen-bond donors (Lipinski definition) is 4. The molecule has 4 N–H and O–H groups in total. The number of rotatable bonds is 10. The van der Waals surface area contributed by atoms with Gasteiger partial charge >= 0.3 is 0 Å². The number of pyridine rings is 1. The van der Waals surface area contributed by atoms with E-state index in [1.165, 1.54) is 0 Å². The first-order valence-corrected chi connectivity index (χ1v) is 19.7. The Kier molecular flexibility index (Phi) is 11.5. The molecule has 2 atom stereocenters. The average Bonchev–Trinajstić information content (AvgIpc) is 3.52. The lowest BCUT2D eigenvalue weighted by molar-refractivity contribution is -0.134. The van der Waals surface area contributed by atoms with Crippen LogP contribution in [0.25, 0.3) is 0 Å². The highest BCUT2D eigenvalue weighted by molar-refractivity contribution is 6.32. The molecule has 13 nitrogen and oxygen atoms in total. The normalized spacial score (nSPS) is 21.3. The standard InChI is InChI=1S/C41H48ClN9O4/c1-27-23-41(26-51(27)33-8-4-29(24-43)34(42)22-33)14-20-49(21-15-41)32-6-2-28(3-7-32)40(55)50-18-12-30(13-19-50)44-16-17-45-31-5-9-35(46-25-31)38(53)47-36-10-11-37(52)48-39(36)54/h2-9,22,25,27,30,36,44-45H,10-21,23,26H2,1H3,(H,47,53)(H,48,52,54)/t27-,36-/m0/s1. The van der Waals surface area contributed by atoms with Crippen LogP contribution in [0, 0.1) is 16.7 Å². The van der Waals surface area contributed by atoms with Gasteiger partial charge in [0.15, 0.2) is 0 Å². The molecule has 7 rings (SSSR count). The Morgan fingerprint density at radius 1 is 0.982 bits per heavy atom. The lowest BCUT2D eigenvalue weighted by Crippen LogP contribution is -2.52. The van der Waals surface area contributed by atoms with Crippen LogP contribution < -0.4 is 31.1 Å². The zero-order chi connectivity index (χ0) is 38.5. The summed E-state index contributed by atoms with van der Waals surface area (Å²) in [6.07, 6.45) is 7.16. The number of amides is 4. The Balaban J connectivity index is 0.802. The number of nitrogens with one attached hydrogen (secondary N) is 4. The zero-order valence-corrected chi connectivity index (χ0v) is 31.9. The molecule has 4 amide bonds. The van der Waals surface area contributed by atoms with Gasteiger partial charge in [-0.15, -0.1) is 0 Å². The first-order valence-electron chi connectivity index (χ1n) is 19.3. The number of aromatic nitrogens is 1. The van der Waals surface area contributed by atoms with Gasteiger partial charge in [-0.1, -0.05) is 11.6 Å². The van der Waals surface area contributed by atoms with Crippen LogP contribution in [0.5, 0.6) is 0 Å². The van der Waals surface area contributed by atoms with Crippen LogP contribution in [0.15, 0.2) is 60.8 Å². The van der Waals surface area contributed by atoms with Crippen LogP contribution >= 0.6 is 11.6 Å². The summed E-state index contributed by atoms with van der Waals surface area (Å²) in [4.78, 5) is 60.2. The Labute approximate surface area is 326 Å². The molecule has 4 aliphatic rings. The van der Waals surface area contributed by atoms with Gasteiger partial charge in [0.05, 0.1) is 22.5 Å². The van der Waals surface area contributed by atoms with E-state index in [0.717, 1.165) is 80.9 Å². The predicted octanol–water partition coefficient (Wildman–Crippen LogP) is 4.33. The number of carbonyl (C=O) groups excluding carboxylic acids is 4. The fourth-order valence-corrected chi connectivity index (χ4v) is 8.72. The van der Waals surface area contributed by atoms with E-state index in [9.17, 15) is 24.4 Å². The van der Waals surface area contributed by atoms with E-state index in [-0.39, 0.29) is 35.8 Å². The smallest absolute Gasteiger partial charge is 0.270 e. The number of anilines is 3. The quantitative estimate of drug-likeness (QED) is 0.173. The molecule has 1 spiro atoms. The van der Waals surface area contributed by atoms with Crippen LogP contribution in [0.1, 0.15) is 78.3 Å². The maximum absolute atomic E-state index is 13.4. The molecule has 4 saturated heterocycles. The highest BCUT2D eigenvalue weighted by atomic mass is 35.5. The van der Waals surface area contributed by atoms with Gasteiger partial charge in [-0.25, -0.2) is 4.98 Å². The molecule has 0 unspecified atom stereocenters. The first kappa shape index (κ1) is 38.1. The summed E-state index contributed by atoms with van der Waals surface area (Å²) in [6.45, 7) is 8.04. The molecule has 1 aromatic heterocycles. The Hall–Kier alpha value is -5.19. The SMILES string of the molecule is C[C@H]1CC2(CCN(c3ccc(C(=O)N4CCC(NCCNc5ccc(C(=O)N[C@H]6CCC(=O)NC6=O)nc5)CC4)cc3)CC2)CN1c1ccc(C#N)c(Cl)c1. The highest BCUT2D eigenvalue weighted by Gasteiger charge is 2.44. The van der Waals surface area contributed by atoms with Crippen molar-refractivity contribution >= 4 is 52.3 Å². The lowest BCUT2D eigenvalue weighted by atomic mass is 9.76. The third-order valence-corrected chi connectivity index (χ3v) is 12.0. The summed E-state index contributed by atoms with van der Waals surface area (Å²) in [7, 11) is 0. The van der Waals surface area contributed by atoms with E-state index in [4.69, 9.17) is 11.6 Å². The van der Waals surface area contributed by atoms with Gasteiger partial charge in [0.1, 0.15) is 17.8 Å². The minimum atomic E-state index is -0.744. The predicted molar refractivity (Wildman–Crippen MR) is 211 cm³/mol. The molecule has 0 bridgehead atoms. The third-order valence-electron chi connectivity index (χ3n) is 11.7. The second-order valence-corrected chi connectivity index (χ2v) is 15.8. The summed E-state index contributed by atoms with van der Waals surface area (Å²) in [5.41, 5.74) is 4.71. The number of halogens is 1. The maximum Gasteiger partial charge on any atom is 0.270 e. The lowest BCUT2D eigenvalue weighted by Gasteiger charge is -2.40. The molecule has 4 fully saturated rings. The highest BCUT2D eigenvalue weighted by Crippen LogP contribution is 2.46.